The van der Waals surface area contributed by atoms with Crippen LogP contribution in [-0.4, -0.2) is 47.4 Å². The summed E-state index contributed by atoms with van der Waals surface area (Å²) in [7, 11) is 0. The summed E-state index contributed by atoms with van der Waals surface area (Å²) in [5, 5.41) is 3.24. The minimum absolute atomic E-state index is 0.0483. The SMILES string of the molecule is C[C@@H]1CN(C(=O)C(=O)Nc2ccc3[nH]c(=O)oc3c2)CCN1c1ccc(Cl)cc1. The van der Waals surface area contributed by atoms with Crippen molar-refractivity contribution >= 4 is 45.9 Å². The standard InChI is InChI=1S/C20H19ClN4O4/c1-12-11-24(8-9-25(12)15-5-2-13(21)3-6-15)19(27)18(26)22-14-4-7-16-17(10-14)29-20(28)23-16/h2-7,10,12H,8-9,11H2,1H3,(H,22,26)(H,23,28)/t12-/m1/s1. The Balaban J connectivity index is 1.40. The van der Waals surface area contributed by atoms with Gasteiger partial charge in [-0.05, 0) is 43.3 Å². The van der Waals surface area contributed by atoms with Crippen molar-refractivity contribution in [2.75, 3.05) is 29.9 Å². The molecule has 29 heavy (non-hydrogen) atoms. The molecule has 9 heteroatoms. The summed E-state index contributed by atoms with van der Waals surface area (Å²) in [5.74, 6) is -1.90. The molecule has 0 unspecified atom stereocenters. The number of nitrogens with zero attached hydrogens (tertiary/aromatic N) is 2. The maximum absolute atomic E-state index is 12.6. The minimum Gasteiger partial charge on any atom is -0.408 e. The van der Waals surface area contributed by atoms with Crippen LogP contribution in [0.1, 0.15) is 6.92 Å². The average Bonchev–Trinajstić information content (AvgIpc) is 3.07. The topological polar surface area (TPSA) is 98.7 Å². The molecule has 1 atom stereocenters. The number of carbonyl (C=O) groups excluding carboxylic acids is 2. The van der Waals surface area contributed by atoms with Gasteiger partial charge in [0.2, 0.25) is 0 Å². The molecule has 1 fully saturated rings. The van der Waals surface area contributed by atoms with Gasteiger partial charge in [0.25, 0.3) is 0 Å². The van der Waals surface area contributed by atoms with E-state index in [4.69, 9.17) is 16.0 Å². The Hall–Kier alpha value is -3.26. The molecule has 1 aromatic heterocycles. The molecular formula is C20H19ClN4O4. The minimum atomic E-state index is -0.727. The van der Waals surface area contributed by atoms with E-state index in [0.717, 1.165) is 5.69 Å². The molecule has 0 saturated carbocycles. The fourth-order valence-electron chi connectivity index (χ4n) is 3.51. The lowest BCUT2D eigenvalue weighted by Crippen LogP contribution is -2.55. The number of H-pyrrole nitrogens is 1. The predicted molar refractivity (Wildman–Crippen MR) is 110 cm³/mol. The number of hydrogen-bond acceptors (Lipinski definition) is 5. The number of aromatic nitrogens is 1. The first kappa shape index (κ1) is 19.1. The molecule has 2 heterocycles. The summed E-state index contributed by atoms with van der Waals surface area (Å²) in [6.45, 7) is 3.49. The Kier molecular flexibility index (Phi) is 5.02. The van der Waals surface area contributed by atoms with Crippen molar-refractivity contribution < 1.29 is 14.0 Å². The molecule has 1 saturated heterocycles. The first-order valence-electron chi connectivity index (χ1n) is 9.16. The molecule has 0 spiro atoms. The number of fused-ring (bicyclic) bond motifs is 1. The normalized spacial score (nSPS) is 16.8. The van der Waals surface area contributed by atoms with E-state index in [1.807, 2.05) is 31.2 Å². The van der Waals surface area contributed by atoms with E-state index in [1.165, 1.54) is 6.07 Å². The number of halogens is 1. The Labute approximate surface area is 171 Å². The second kappa shape index (κ2) is 7.63. The van der Waals surface area contributed by atoms with E-state index in [2.05, 4.69) is 15.2 Å². The van der Waals surface area contributed by atoms with E-state index < -0.39 is 17.6 Å². The molecular weight excluding hydrogens is 396 g/mol. The predicted octanol–water partition coefficient (Wildman–Crippen LogP) is 2.45. The zero-order valence-electron chi connectivity index (χ0n) is 15.6. The number of carbonyl (C=O) groups is 2. The summed E-state index contributed by atoms with van der Waals surface area (Å²) in [4.78, 5) is 42.5. The number of amides is 2. The third kappa shape index (κ3) is 3.97. The van der Waals surface area contributed by atoms with Gasteiger partial charge in [0.1, 0.15) is 0 Å². The van der Waals surface area contributed by atoms with Crippen molar-refractivity contribution in [1.82, 2.24) is 9.88 Å². The van der Waals surface area contributed by atoms with Crippen LogP contribution in [0.2, 0.25) is 5.02 Å². The van der Waals surface area contributed by atoms with Gasteiger partial charge in [0.15, 0.2) is 5.58 Å². The summed E-state index contributed by atoms with van der Waals surface area (Å²) in [6.07, 6.45) is 0. The number of rotatable bonds is 2. The largest absolute Gasteiger partial charge is 0.417 e. The third-order valence-electron chi connectivity index (χ3n) is 4.95. The molecule has 4 rings (SSSR count). The van der Waals surface area contributed by atoms with Crippen LogP contribution in [0.3, 0.4) is 0 Å². The Bertz CT molecular complexity index is 1120. The number of piperazine rings is 1. The van der Waals surface area contributed by atoms with Crippen LogP contribution in [0.15, 0.2) is 51.7 Å². The van der Waals surface area contributed by atoms with Gasteiger partial charge in [-0.1, -0.05) is 11.6 Å². The maximum Gasteiger partial charge on any atom is 0.417 e. The number of oxazole rings is 1. The van der Waals surface area contributed by atoms with Crippen molar-refractivity contribution in [1.29, 1.82) is 0 Å². The zero-order chi connectivity index (χ0) is 20.5. The third-order valence-corrected chi connectivity index (χ3v) is 5.20. The maximum atomic E-state index is 12.6. The molecule has 0 bridgehead atoms. The van der Waals surface area contributed by atoms with Gasteiger partial charge in [-0.25, -0.2) is 4.79 Å². The summed E-state index contributed by atoms with van der Waals surface area (Å²) in [6, 6.07) is 12.3. The molecule has 2 amide bonds. The van der Waals surface area contributed by atoms with Crippen molar-refractivity contribution in [3.8, 4) is 0 Å². The van der Waals surface area contributed by atoms with Crippen LogP contribution in [-0.2, 0) is 9.59 Å². The van der Waals surface area contributed by atoms with Crippen LogP contribution in [0, 0.1) is 0 Å². The summed E-state index contributed by atoms with van der Waals surface area (Å²) < 4.78 is 4.97. The molecule has 1 aliphatic rings. The van der Waals surface area contributed by atoms with Gasteiger partial charge in [0.05, 0.1) is 5.52 Å². The van der Waals surface area contributed by atoms with E-state index in [9.17, 15) is 14.4 Å². The van der Waals surface area contributed by atoms with Crippen LogP contribution in [0.4, 0.5) is 11.4 Å². The molecule has 0 radical (unpaired) electrons. The lowest BCUT2D eigenvalue weighted by molar-refractivity contribution is -0.143. The van der Waals surface area contributed by atoms with Gasteiger partial charge >= 0.3 is 17.6 Å². The number of anilines is 2. The van der Waals surface area contributed by atoms with E-state index in [-0.39, 0.29) is 6.04 Å². The fourth-order valence-corrected chi connectivity index (χ4v) is 3.64. The Morgan fingerprint density at radius 2 is 1.93 bits per heavy atom. The van der Waals surface area contributed by atoms with Crippen LogP contribution >= 0.6 is 11.6 Å². The second-order valence-corrected chi connectivity index (χ2v) is 7.39. The number of benzene rings is 2. The summed E-state index contributed by atoms with van der Waals surface area (Å²) in [5.41, 5.74) is 2.24. The van der Waals surface area contributed by atoms with Gasteiger partial charge < -0.3 is 19.5 Å². The van der Waals surface area contributed by atoms with Gasteiger partial charge in [-0.3, -0.25) is 14.6 Å². The molecule has 2 N–H and O–H groups in total. The van der Waals surface area contributed by atoms with Crippen molar-refractivity contribution in [2.24, 2.45) is 0 Å². The lowest BCUT2D eigenvalue weighted by Gasteiger charge is -2.41. The van der Waals surface area contributed by atoms with Crippen molar-refractivity contribution in [2.45, 2.75) is 13.0 Å². The molecule has 150 valence electrons. The van der Waals surface area contributed by atoms with Gasteiger partial charge in [-0.15, -0.1) is 0 Å². The van der Waals surface area contributed by atoms with Gasteiger partial charge in [-0.2, -0.15) is 0 Å². The first-order valence-corrected chi connectivity index (χ1v) is 9.54. The monoisotopic (exact) mass is 414 g/mol. The summed E-state index contributed by atoms with van der Waals surface area (Å²) >= 11 is 5.95. The highest BCUT2D eigenvalue weighted by molar-refractivity contribution is 6.39. The molecule has 0 aliphatic carbocycles. The van der Waals surface area contributed by atoms with Crippen LogP contribution in [0.25, 0.3) is 11.1 Å². The first-order chi connectivity index (χ1) is 13.9. The van der Waals surface area contributed by atoms with Gasteiger partial charge in [0, 0.05) is 48.1 Å². The highest BCUT2D eigenvalue weighted by Gasteiger charge is 2.30. The Morgan fingerprint density at radius 1 is 1.17 bits per heavy atom. The Morgan fingerprint density at radius 3 is 2.66 bits per heavy atom. The quantitative estimate of drug-likeness (QED) is 0.627. The van der Waals surface area contributed by atoms with E-state index in [1.54, 1.807) is 17.0 Å². The van der Waals surface area contributed by atoms with E-state index >= 15 is 0 Å². The number of hydrogen-bond donors (Lipinski definition) is 2. The molecule has 3 aromatic rings. The average molecular weight is 415 g/mol. The second-order valence-electron chi connectivity index (χ2n) is 6.95. The molecule has 2 aromatic carbocycles. The number of aromatic amines is 1. The highest BCUT2D eigenvalue weighted by Crippen LogP contribution is 2.23. The molecule has 1 aliphatic heterocycles. The van der Waals surface area contributed by atoms with E-state index in [0.29, 0.717) is 41.4 Å². The smallest absolute Gasteiger partial charge is 0.408 e. The number of nitrogens with one attached hydrogen (secondary N) is 2. The van der Waals surface area contributed by atoms with Crippen molar-refractivity contribution in [3.63, 3.8) is 0 Å². The van der Waals surface area contributed by atoms with Crippen LogP contribution in [0.5, 0.6) is 0 Å². The lowest BCUT2D eigenvalue weighted by atomic mass is 10.1. The highest BCUT2D eigenvalue weighted by atomic mass is 35.5. The molecule has 8 nitrogen and oxygen atoms in total. The zero-order valence-corrected chi connectivity index (χ0v) is 16.4. The van der Waals surface area contributed by atoms with Crippen molar-refractivity contribution in [3.05, 3.63) is 58.0 Å². The van der Waals surface area contributed by atoms with Crippen LogP contribution < -0.4 is 16.0 Å². The fraction of sp³-hybridized carbons (Fsp3) is 0.250.